The maximum Gasteiger partial charge on any atom is 0.182 e. The third-order valence-corrected chi connectivity index (χ3v) is 5.87. The van der Waals surface area contributed by atoms with E-state index >= 15 is 0 Å². The predicted molar refractivity (Wildman–Crippen MR) is 71.9 cm³/mol. The fraction of sp³-hybridized carbons (Fsp3) is 0.462. The monoisotopic (exact) mass is 304 g/mol. The minimum Gasteiger partial charge on any atom is -0.293 e. The van der Waals surface area contributed by atoms with Gasteiger partial charge in [-0.3, -0.25) is 4.79 Å². The van der Waals surface area contributed by atoms with Gasteiger partial charge >= 0.3 is 0 Å². The molecule has 0 amide bonds. The average molecular weight is 305 g/mol. The summed E-state index contributed by atoms with van der Waals surface area (Å²) in [6.45, 7) is 1.51. The van der Waals surface area contributed by atoms with E-state index in [1.54, 1.807) is 0 Å². The zero-order valence-corrected chi connectivity index (χ0v) is 12.0. The minimum absolute atomic E-state index is 0.0290. The Kier molecular flexibility index (Phi) is 3.97. The van der Waals surface area contributed by atoms with E-state index in [0.717, 1.165) is 6.07 Å². The van der Waals surface area contributed by atoms with E-state index in [-0.39, 0.29) is 21.9 Å². The largest absolute Gasteiger partial charge is 0.293 e. The van der Waals surface area contributed by atoms with Crippen LogP contribution in [0.2, 0.25) is 5.02 Å². The second-order valence-corrected chi connectivity index (χ2v) is 7.51. The maximum atomic E-state index is 13.3. The number of halogens is 2. The highest BCUT2D eigenvalue weighted by molar-refractivity contribution is 7.92. The number of ketones is 1. The van der Waals surface area contributed by atoms with E-state index in [1.165, 1.54) is 13.0 Å². The van der Waals surface area contributed by atoms with E-state index in [0.29, 0.717) is 19.3 Å². The van der Waals surface area contributed by atoms with Crippen LogP contribution in [0.1, 0.15) is 35.2 Å². The van der Waals surface area contributed by atoms with Crippen LogP contribution >= 0.6 is 11.6 Å². The normalized spacial score (nSPS) is 22.2. The van der Waals surface area contributed by atoms with Crippen molar-refractivity contribution in [2.45, 2.75) is 31.4 Å². The summed E-state index contributed by atoms with van der Waals surface area (Å²) in [5.74, 6) is -0.998. The first-order valence-corrected chi connectivity index (χ1v) is 8.13. The van der Waals surface area contributed by atoms with Crippen molar-refractivity contribution >= 4 is 27.2 Å². The van der Waals surface area contributed by atoms with Gasteiger partial charge in [0.1, 0.15) is 11.1 Å². The number of carbonyl (C=O) groups excluding carboxylic acids is 1. The van der Waals surface area contributed by atoms with Crippen LogP contribution < -0.4 is 0 Å². The lowest BCUT2D eigenvalue weighted by molar-refractivity contribution is 0.0981. The first-order valence-electron chi connectivity index (χ1n) is 6.04. The van der Waals surface area contributed by atoms with Gasteiger partial charge in [0.25, 0.3) is 0 Å². The Hall–Kier alpha value is -0.940. The van der Waals surface area contributed by atoms with Crippen LogP contribution in [0.4, 0.5) is 4.39 Å². The number of carbonyl (C=O) groups is 1. The molecule has 1 atom stereocenters. The molecule has 1 aromatic rings. The van der Waals surface area contributed by atoms with Crippen LogP contribution in [-0.2, 0) is 9.84 Å². The molecule has 19 heavy (non-hydrogen) atoms. The van der Waals surface area contributed by atoms with Crippen molar-refractivity contribution in [3.63, 3.8) is 0 Å². The zero-order chi connectivity index (χ0) is 14.2. The minimum atomic E-state index is -3.41. The third-order valence-electron chi connectivity index (χ3n) is 3.38. The molecular formula is C13H14ClFO3S. The molecule has 0 spiro atoms. The lowest BCUT2D eigenvalue weighted by atomic mass is 10.0. The molecule has 1 fully saturated rings. The lowest BCUT2D eigenvalue weighted by Gasteiger charge is -2.21. The van der Waals surface area contributed by atoms with Gasteiger partial charge < -0.3 is 0 Å². The van der Waals surface area contributed by atoms with Crippen molar-refractivity contribution in [2.75, 3.05) is 5.75 Å². The van der Waals surface area contributed by atoms with E-state index in [1.807, 2.05) is 0 Å². The van der Waals surface area contributed by atoms with Gasteiger partial charge in [-0.15, -0.1) is 0 Å². The highest BCUT2D eigenvalue weighted by Crippen LogP contribution is 2.27. The number of sulfone groups is 1. The van der Waals surface area contributed by atoms with Crippen LogP contribution in [0.15, 0.2) is 12.1 Å². The number of aryl methyl sites for hydroxylation is 1. The van der Waals surface area contributed by atoms with Crippen LogP contribution in [0, 0.1) is 12.7 Å². The van der Waals surface area contributed by atoms with Crippen LogP contribution in [0.5, 0.6) is 0 Å². The Labute approximate surface area is 116 Å². The van der Waals surface area contributed by atoms with Gasteiger partial charge in [0.15, 0.2) is 15.6 Å². The molecule has 104 valence electrons. The van der Waals surface area contributed by atoms with Crippen LogP contribution in [0.3, 0.4) is 0 Å². The summed E-state index contributed by atoms with van der Waals surface area (Å²) in [6, 6.07) is 2.38. The van der Waals surface area contributed by atoms with Crippen molar-refractivity contribution < 1.29 is 17.6 Å². The van der Waals surface area contributed by atoms with Crippen molar-refractivity contribution in [2.24, 2.45) is 0 Å². The van der Waals surface area contributed by atoms with Gasteiger partial charge in [-0.25, -0.2) is 12.8 Å². The average Bonchev–Trinajstić information content (AvgIpc) is 2.32. The lowest BCUT2D eigenvalue weighted by Crippen LogP contribution is -2.35. The Morgan fingerprint density at radius 1 is 1.37 bits per heavy atom. The van der Waals surface area contributed by atoms with Gasteiger partial charge in [0.05, 0.1) is 10.8 Å². The van der Waals surface area contributed by atoms with E-state index < -0.39 is 26.7 Å². The molecule has 0 N–H and O–H groups in total. The summed E-state index contributed by atoms with van der Waals surface area (Å²) in [6.07, 6.45) is 1.60. The molecule has 0 radical (unpaired) electrons. The van der Waals surface area contributed by atoms with E-state index in [2.05, 4.69) is 0 Å². The van der Waals surface area contributed by atoms with E-state index in [9.17, 15) is 17.6 Å². The quantitative estimate of drug-likeness (QED) is 0.789. The van der Waals surface area contributed by atoms with Crippen molar-refractivity contribution in [1.29, 1.82) is 0 Å². The molecule has 1 unspecified atom stereocenters. The van der Waals surface area contributed by atoms with Gasteiger partial charge in [-0.05, 0) is 37.5 Å². The smallest absolute Gasteiger partial charge is 0.182 e. The highest BCUT2D eigenvalue weighted by atomic mass is 35.5. The SMILES string of the molecule is Cc1cc(C(=O)C2CCCCS2(=O)=O)c(Cl)cc1F. The molecular weight excluding hydrogens is 291 g/mol. The van der Waals surface area contributed by atoms with Crippen molar-refractivity contribution in [3.05, 3.63) is 34.1 Å². The highest BCUT2D eigenvalue weighted by Gasteiger charge is 2.36. The molecule has 6 heteroatoms. The van der Waals surface area contributed by atoms with Gasteiger partial charge in [0.2, 0.25) is 0 Å². The summed E-state index contributed by atoms with van der Waals surface area (Å²) in [7, 11) is -3.41. The van der Waals surface area contributed by atoms with Gasteiger partial charge in [0, 0.05) is 5.56 Å². The molecule has 3 nitrogen and oxygen atoms in total. The molecule has 0 aromatic heterocycles. The van der Waals surface area contributed by atoms with Crippen molar-refractivity contribution in [3.8, 4) is 0 Å². The molecule has 2 rings (SSSR count). The second-order valence-electron chi connectivity index (χ2n) is 4.80. The molecule has 1 aliphatic heterocycles. The van der Waals surface area contributed by atoms with Crippen molar-refractivity contribution in [1.82, 2.24) is 0 Å². The molecule has 0 aliphatic carbocycles. The number of Topliss-reactive ketones (excluding diaryl/α,β-unsaturated/α-hetero) is 1. The molecule has 1 saturated heterocycles. The number of hydrogen-bond acceptors (Lipinski definition) is 3. The Morgan fingerprint density at radius 3 is 2.68 bits per heavy atom. The first-order chi connectivity index (χ1) is 8.83. The second kappa shape index (κ2) is 5.21. The third kappa shape index (κ3) is 2.82. The topological polar surface area (TPSA) is 51.2 Å². The summed E-state index contributed by atoms with van der Waals surface area (Å²) in [5, 5.41) is -1.07. The van der Waals surface area contributed by atoms with Crippen LogP contribution in [-0.4, -0.2) is 25.2 Å². The fourth-order valence-electron chi connectivity index (χ4n) is 2.27. The summed E-state index contributed by atoms with van der Waals surface area (Å²) in [5.41, 5.74) is 0.372. The number of rotatable bonds is 2. The number of benzene rings is 1. The summed E-state index contributed by atoms with van der Waals surface area (Å²) < 4.78 is 37.1. The Morgan fingerprint density at radius 2 is 2.05 bits per heavy atom. The first kappa shape index (κ1) is 14.5. The Bertz CT molecular complexity index is 625. The Balaban J connectivity index is 2.42. The summed E-state index contributed by atoms with van der Waals surface area (Å²) >= 11 is 5.85. The predicted octanol–water partition coefficient (Wildman–Crippen LogP) is 2.94. The molecule has 0 bridgehead atoms. The number of hydrogen-bond donors (Lipinski definition) is 0. The summed E-state index contributed by atoms with van der Waals surface area (Å²) in [4.78, 5) is 12.3. The standard InChI is InChI=1S/C13H14ClFO3S/c1-8-6-9(10(14)7-11(8)15)13(16)12-4-2-3-5-19(12,17)18/h6-7,12H,2-5H2,1H3. The maximum absolute atomic E-state index is 13.3. The molecule has 1 aliphatic rings. The molecule has 1 aromatic carbocycles. The fourth-order valence-corrected chi connectivity index (χ4v) is 4.38. The van der Waals surface area contributed by atoms with E-state index in [4.69, 9.17) is 11.6 Å². The van der Waals surface area contributed by atoms with Crippen LogP contribution in [0.25, 0.3) is 0 Å². The molecule has 0 saturated carbocycles. The molecule has 1 heterocycles. The van der Waals surface area contributed by atoms with Gasteiger partial charge in [-0.2, -0.15) is 0 Å². The van der Waals surface area contributed by atoms with Gasteiger partial charge in [-0.1, -0.05) is 18.0 Å². The zero-order valence-electron chi connectivity index (χ0n) is 10.4.